The van der Waals surface area contributed by atoms with Gasteiger partial charge in [-0.25, -0.2) is 0 Å². The van der Waals surface area contributed by atoms with Crippen LogP contribution in [0.2, 0.25) is 0 Å². The maximum absolute atomic E-state index is 11.1. The number of nitrogens with one attached hydrogen (secondary N) is 1. The zero-order chi connectivity index (χ0) is 22.4. The Kier molecular flexibility index (Phi) is 6.91. The second-order valence-corrected chi connectivity index (χ2v) is 8.51. The number of nitrogens with zero attached hydrogens (tertiary/aromatic N) is 2. The number of rotatable bonds is 9. The van der Waals surface area contributed by atoms with Crippen LogP contribution in [0.4, 0.5) is 0 Å². The molecule has 2 aromatic carbocycles. The van der Waals surface area contributed by atoms with Gasteiger partial charge in [0.25, 0.3) is 0 Å². The van der Waals surface area contributed by atoms with E-state index in [4.69, 9.17) is 13.4 Å². The number of carbonyl (C=O) groups is 1. The van der Waals surface area contributed by atoms with Crippen LogP contribution in [-0.4, -0.2) is 37.3 Å². The predicted octanol–water partition coefficient (Wildman–Crippen LogP) is 2.89. The van der Waals surface area contributed by atoms with Gasteiger partial charge in [-0.2, -0.15) is 13.4 Å². The van der Waals surface area contributed by atoms with Gasteiger partial charge in [-0.15, -0.1) is 0 Å². The van der Waals surface area contributed by atoms with Crippen molar-refractivity contribution in [2.24, 2.45) is 0 Å². The molecule has 1 aromatic heterocycles. The molecular weight excluding hydrogens is 422 g/mol. The van der Waals surface area contributed by atoms with E-state index in [0.29, 0.717) is 30.5 Å². The molecule has 0 spiro atoms. The summed E-state index contributed by atoms with van der Waals surface area (Å²) in [4.78, 5) is 15.5. The number of hydrogen-bond acceptors (Lipinski definition) is 8. The van der Waals surface area contributed by atoms with Crippen molar-refractivity contribution in [1.82, 2.24) is 15.5 Å². The Morgan fingerprint density at radius 1 is 1.10 bits per heavy atom. The highest BCUT2D eigenvalue weighted by atomic mass is 32.2. The number of carbonyl (C=O) groups excluding carboxylic acids is 1. The second kappa shape index (κ2) is 9.61. The van der Waals surface area contributed by atoms with Crippen LogP contribution < -0.4 is 14.2 Å². The van der Waals surface area contributed by atoms with Crippen LogP contribution in [0, 0.1) is 0 Å². The topological polar surface area (TPSA) is 121 Å². The highest BCUT2D eigenvalue weighted by molar-refractivity contribution is 7.86. The molecule has 164 valence electrons. The zero-order valence-electron chi connectivity index (χ0n) is 17.4. The van der Waals surface area contributed by atoms with Crippen molar-refractivity contribution in [3.05, 3.63) is 60.0 Å². The molecule has 0 aliphatic heterocycles. The summed E-state index contributed by atoms with van der Waals surface area (Å²) < 4.78 is 38.0. The van der Waals surface area contributed by atoms with E-state index in [1.165, 1.54) is 6.92 Å². The highest BCUT2D eigenvalue weighted by Gasteiger charge is 2.16. The predicted molar refractivity (Wildman–Crippen MR) is 113 cm³/mol. The van der Waals surface area contributed by atoms with Crippen LogP contribution in [0.25, 0.3) is 11.4 Å². The molecule has 1 N–H and O–H groups in total. The molecule has 1 amide bonds. The standard InChI is InChI=1S/C21H23N3O6S/c1-14(22-15(2)25)21-23-20(24-29-21)17-6-10-18(11-7-17)28-13-12-16-4-8-19(9-5-16)30-31(3,26)27/h4-11,14H,12-13H2,1-3H3,(H,22,25)/t14-/m1/s1. The molecule has 0 radical (unpaired) electrons. The first-order chi connectivity index (χ1) is 14.7. The molecule has 1 heterocycles. The summed E-state index contributed by atoms with van der Waals surface area (Å²) in [6, 6.07) is 13.7. The molecule has 1 atom stereocenters. The van der Waals surface area contributed by atoms with Crippen molar-refractivity contribution < 1.29 is 26.7 Å². The summed E-state index contributed by atoms with van der Waals surface area (Å²) in [6.07, 6.45) is 1.65. The number of ether oxygens (including phenoxy) is 1. The summed E-state index contributed by atoms with van der Waals surface area (Å²) in [5, 5.41) is 6.64. The Bertz CT molecular complexity index is 1120. The SMILES string of the molecule is CC(=O)N[C@H](C)c1nc(-c2ccc(OCCc3ccc(OS(C)(=O)=O)cc3)cc2)no1. The molecule has 3 rings (SSSR count). The lowest BCUT2D eigenvalue weighted by Crippen LogP contribution is -2.23. The number of benzene rings is 2. The Balaban J connectivity index is 1.52. The Morgan fingerprint density at radius 2 is 1.74 bits per heavy atom. The van der Waals surface area contributed by atoms with E-state index in [9.17, 15) is 13.2 Å². The normalized spacial score (nSPS) is 12.2. The molecule has 3 aromatic rings. The monoisotopic (exact) mass is 445 g/mol. The molecule has 9 nitrogen and oxygen atoms in total. The Morgan fingerprint density at radius 3 is 2.35 bits per heavy atom. The molecule has 31 heavy (non-hydrogen) atoms. The molecule has 0 bridgehead atoms. The second-order valence-electron chi connectivity index (χ2n) is 6.93. The third-order valence-electron chi connectivity index (χ3n) is 4.17. The van der Waals surface area contributed by atoms with Gasteiger partial charge in [0, 0.05) is 18.9 Å². The molecule has 0 aliphatic rings. The number of aromatic nitrogens is 2. The van der Waals surface area contributed by atoms with Crippen molar-refractivity contribution in [2.45, 2.75) is 26.3 Å². The third-order valence-corrected chi connectivity index (χ3v) is 4.67. The molecule has 0 saturated heterocycles. The molecule has 0 unspecified atom stereocenters. The first kappa shape index (κ1) is 22.3. The first-order valence-corrected chi connectivity index (χ1v) is 11.3. The van der Waals surface area contributed by atoms with Crippen molar-refractivity contribution in [2.75, 3.05) is 12.9 Å². The van der Waals surface area contributed by atoms with Crippen LogP contribution >= 0.6 is 0 Å². The van der Waals surface area contributed by atoms with Crippen LogP contribution in [0.1, 0.15) is 31.3 Å². The van der Waals surface area contributed by atoms with Crippen LogP contribution in [0.15, 0.2) is 53.1 Å². The average Bonchev–Trinajstić information content (AvgIpc) is 3.19. The molecular formula is C21H23N3O6S. The Hall–Kier alpha value is -3.40. The van der Waals surface area contributed by atoms with E-state index in [1.807, 2.05) is 24.3 Å². The van der Waals surface area contributed by atoms with Gasteiger partial charge in [0.1, 0.15) is 17.5 Å². The third kappa shape index (κ3) is 6.82. The van der Waals surface area contributed by atoms with E-state index < -0.39 is 10.1 Å². The van der Waals surface area contributed by atoms with Crippen molar-refractivity contribution in [3.8, 4) is 22.9 Å². The summed E-state index contributed by atoms with van der Waals surface area (Å²) in [5.74, 6) is 1.55. The van der Waals surface area contributed by atoms with Crippen LogP contribution in [0.3, 0.4) is 0 Å². The maximum atomic E-state index is 11.1. The number of hydrogen-bond donors (Lipinski definition) is 1. The van der Waals surface area contributed by atoms with E-state index in [-0.39, 0.29) is 17.7 Å². The molecule has 0 saturated carbocycles. The van der Waals surface area contributed by atoms with Crippen molar-refractivity contribution in [3.63, 3.8) is 0 Å². The molecule has 0 aliphatic carbocycles. The van der Waals surface area contributed by atoms with Gasteiger partial charge in [-0.05, 0) is 48.9 Å². The fourth-order valence-electron chi connectivity index (χ4n) is 2.77. The summed E-state index contributed by atoms with van der Waals surface area (Å²) in [7, 11) is -3.53. The molecule has 0 fully saturated rings. The van der Waals surface area contributed by atoms with Gasteiger partial charge in [0.2, 0.25) is 17.6 Å². The quantitative estimate of drug-likeness (QED) is 0.499. The van der Waals surface area contributed by atoms with Gasteiger partial charge in [-0.3, -0.25) is 4.79 Å². The van der Waals surface area contributed by atoms with E-state index in [0.717, 1.165) is 17.4 Å². The highest BCUT2D eigenvalue weighted by Crippen LogP contribution is 2.22. The maximum Gasteiger partial charge on any atom is 0.306 e. The average molecular weight is 445 g/mol. The van der Waals surface area contributed by atoms with Gasteiger partial charge >= 0.3 is 10.1 Å². The lowest BCUT2D eigenvalue weighted by atomic mass is 10.1. The van der Waals surface area contributed by atoms with E-state index >= 15 is 0 Å². The lowest BCUT2D eigenvalue weighted by Gasteiger charge is -2.08. The summed E-state index contributed by atoms with van der Waals surface area (Å²) in [6.45, 7) is 3.64. The lowest BCUT2D eigenvalue weighted by molar-refractivity contribution is -0.119. The Labute approximate surface area is 180 Å². The number of amides is 1. The smallest absolute Gasteiger partial charge is 0.306 e. The minimum absolute atomic E-state index is 0.174. The minimum atomic E-state index is -3.53. The van der Waals surface area contributed by atoms with Crippen molar-refractivity contribution in [1.29, 1.82) is 0 Å². The first-order valence-electron chi connectivity index (χ1n) is 9.52. The van der Waals surface area contributed by atoms with E-state index in [1.54, 1.807) is 31.2 Å². The largest absolute Gasteiger partial charge is 0.493 e. The molecule has 10 heteroatoms. The summed E-state index contributed by atoms with van der Waals surface area (Å²) >= 11 is 0. The van der Waals surface area contributed by atoms with Gasteiger partial charge in [0.15, 0.2) is 0 Å². The van der Waals surface area contributed by atoms with Crippen LogP contribution in [-0.2, 0) is 21.3 Å². The fourth-order valence-corrected chi connectivity index (χ4v) is 3.23. The van der Waals surface area contributed by atoms with Crippen LogP contribution in [0.5, 0.6) is 11.5 Å². The zero-order valence-corrected chi connectivity index (χ0v) is 18.2. The van der Waals surface area contributed by atoms with Gasteiger partial charge < -0.3 is 18.8 Å². The van der Waals surface area contributed by atoms with Crippen molar-refractivity contribution >= 4 is 16.0 Å². The van der Waals surface area contributed by atoms with E-state index in [2.05, 4.69) is 15.5 Å². The minimum Gasteiger partial charge on any atom is -0.493 e. The van der Waals surface area contributed by atoms with Gasteiger partial charge in [-0.1, -0.05) is 17.3 Å². The fraction of sp³-hybridized carbons (Fsp3) is 0.286. The summed E-state index contributed by atoms with van der Waals surface area (Å²) in [5.41, 5.74) is 1.75. The van der Waals surface area contributed by atoms with Gasteiger partial charge in [0.05, 0.1) is 12.9 Å².